The summed E-state index contributed by atoms with van der Waals surface area (Å²) in [6, 6.07) is 6.35. The van der Waals surface area contributed by atoms with Gasteiger partial charge in [-0.15, -0.1) is 0 Å². The number of hydrogen-bond acceptors (Lipinski definition) is 6. The maximum atomic E-state index is 13.6. The van der Waals surface area contributed by atoms with Crippen LogP contribution in [0.4, 0.5) is 36.8 Å². The van der Waals surface area contributed by atoms with Gasteiger partial charge < -0.3 is 9.47 Å². The highest BCUT2D eigenvalue weighted by Crippen LogP contribution is 2.39. The Bertz CT molecular complexity index is 1250. The Morgan fingerprint density at radius 3 is 2.32 bits per heavy atom. The number of para-hydroxylation sites is 1. The van der Waals surface area contributed by atoms with Gasteiger partial charge in [-0.05, 0) is 26.0 Å². The lowest BCUT2D eigenvalue weighted by molar-refractivity contribution is -0.383. The van der Waals surface area contributed by atoms with Crippen LogP contribution in [0.2, 0.25) is 0 Å². The summed E-state index contributed by atoms with van der Waals surface area (Å²) in [5.74, 6) is -1.70. The second-order valence-corrected chi connectivity index (χ2v) is 7.22. The lowest BCUT2D eigenvalue weighted by atomic mass is 10.1. The first-order valence-corrected chi connectivity index (χ1v) is 9.47. The Labute approximate surface area is 186 Å². The number of alkyl halides is 6. The van der Waals surface area contributed by atoms with E-state index >= 15 is 0 Å². The molecule has 0 radical (unpaired) electrons. The lowest BCUT2D eigenvalue weighted by Crippen LogP contribution is -2.22. The Balaban J connectivity index is 2.13. The molecule has 3 rings (SSSR count). The molecule has 1 aromatic heterocycles. The van der Waals surface area contributed by atoms with Crippen molar-refractivity contribution >= 4 is 22.8 Å². The SMILES string of the molecule is CC(C)Oc1ccccc1COC(=O)n1c(C(F)(F)F)nc2c([N+](=O)[O-])cc(C(F)(F)F)cc21. The number of benzene rings is 2. The predicted octanol–water partition coefficient (Wildman–Crippen LogP) is 5.95. The van der Waals surface area contributed by atoms with Crippen molar-refractivity contribution < 1.29 is 45.5 Å². The first-order chi connectivity index (χ1) is 15.7. The molecule has 0 aliphatic rings. The lowest BCUT2D eigenvalue weighted by Gasteiger charge is -2.15. The molecule has 3 aromatic rings. The predicted molar refractivity (Wildman–Crippen MR) is 104 cm³/mol. The van der Waals surface area contributed by atoms with E-state index in [4.69, 9.17) is 9.47 Å². The van der Waals surface area contributed by atoms with Gasteiger partial charge in [0.1, 0.15) is 12.4 Å². The van der Waals surface area contributed by atoms with Gasteiger partial charge in [0, 0.05) is 11.6 Å². The van der Waals surface area contributed by atoms with E-state index in [1.807, 2.05) is 0 Å². The summed E-state index contributed by atoms with van der Waals surface area (Å²) in [5.41, 5.74) is -4.84. The normalized spacial score (nSPS) is 12.3. The van der Waals surface area contributed by atoms with Crippen LogP contribution in [0.1, 0.15) is 30.8 Å². The zero-order chi connectivity index (χ0) is 25.4. The number of non-ortho nitro benzene ring substituents is 1. The van der Waals surface area contributed by atoms with E-state index in [1.54, 1.807) is 26.0 Å². The number of rotatable bonds is 5. The monoisotopic (exact) mass is 491 g/mol. The molecule has 182 valence electrons. The minimum atomic E-state index is -5.34. The van der Waals surface area contributed by atoms with Crippen LogP contribution in [0.25, 0.3) is 11.0 Å². The molecule has 0 atom stereocenters. The van der Waals surface area contributed by atoms with E-state index in [0.29, 0.717) is 0 Å². The maximum absolute atomic E-state index is 13.6. The van der Waals surface area contributed by atoms with Crippen molar-refractivity contribution in [2.75, 3.05) is 0 Å². The fourth-order valence-electron chi connectivity index (χ4n) is 3.03. The number of carbonyl (C=O) groups excluding carboxylic acids is 1. The second kappa shape index (κ2) is 8.83. The zero-order valence-corrected chi connectivity index (χ0v) is 17.4. The highest BCUT2D eigenvalue weighted by molar-refractivity contribution is 5.93. The van der Waals surface area contributed by atoms with Gasteiger partial charge in [-0.25, -0.2) is 14.3 Å². The summed E-state index contributed by atoms with van der Waals surface area (Å²) in [4.78, 5) is 25.6. The van der Waals surface area contributed by atoms with Crippen molar-refractivity contribution in [1.29, 1.82) is 0 Å². The van der Waals surface area contributed by atoms with Crippen LogP contribution in [0.3, 0.4) is 0 Å². The number of nitro groups is 1. The summed E-state index contributed by atoms with van der Waals surface area (Å²) >= 11 is 0. The first kappa shape index (κ1) is 24.8. The highest BCUT2D eigenvalue weighted by atomic mass is 19.4. The standard InChI is InChI=1S/C20H15F6N3O5/c1-10(2)34-15-6-4-3-5-11(15)9-33-18(30)28-13-7-12(19(21,22)23)8-14(29(31)32)16(13)27-17(28)20(24,25)26/h3-8,10H,9H2,1-2H3. The molecular weight excluding hydrogens is 476 g/mol. The molecule has 0 bridgehead atoms. The fourth-order valence-corrected chi connectivity index (χ4v) is 3.03. The third-order valence-electron chi connectivity index (χ3n) is 4.39. The molecule has 34 heavy (non-hydrogen) atoms. The smallest absolute Gasteiger partial charge is 0.450 e. The van der Waals surface area contributed by atoms with E-state index in [1.165, 1.54) is 12.1 Å². The number of fused-ring (bicyclic) bond motifs is 1. The number of nitrogens with zero attached hydrogens (tertiary/aromatic N) is 3. The molecule has 0 aliphatic carbocycles. The van der Waals surface area contributed by atoms with Crippen LogP contribution >= 0.6 is 0 Å². The van der Waals surface area contributed by atoms with Crippen LogP contribution in [0.5, 0.6) is 5.75 Å². The van der Waals surface area contributed by atoms with Crippen molar-refractivity contribution in [3.63, 3.8) is 0 Å². The Kier molecular flexibility index (Phi) is 6.44. The number of ether oxygens (including phenoxy) is 2. The van der Waals surface area contributed by atoms with E-state index in [9.17, 15) is 41.3 Å². The highest BCUT2D eigenvalue weighted by Gasteiger charge is 2.43. The summed E-state index contributed by atoms with van der Waals surface area (Å²) < 4.78 is 90.7. The molecule has 0 saturated carbocycles. The molecule has 1 heterocycles. The van der Waals surface area contributed by atoms with Gasteiger partial charge in [0.25, 0.3) is 5.69 Å². The number of imidazole rings is 1. The van der Waals surface area contributed by atoms with Crippen LogP contribution in [0.15, 0.2) is 36.4 Å². The van der Waals surface area contributed by atoms with Crippen molar-refractivity contribution in [3.8, 4) is 5.75 Å². The molecule has 0 saturated heterocycles. The minimum absolute atomic E-state index is 0.0463. The van der Waals surface area contributed by atoms with Gasteiger partial charge >= 0.3 is 18.4 Å². The number of nitro benzene ring substituents is 1. The summed E-state index contributed by atoms with van der Waals surface area (Å²) in [7, 11) is 0. The molecule has 2 aromatic carbocycles. The van der Waals surface area contributed by atoms with E-state index in [0.717, 1.165) is 0 Å². The third-order valence-corrected chi connectivity index (χ3v) is 4.39. The number of halogens is 6. The largest absolute Gasteiger partial charge is 0.491 e. The maximum Gasteiger partial charge on any atom is 0.450 e. The summed E-state index contributed by atoms with van der Waals surface area (Å²) in [6.07, 6.45) is -12.5. The van der Waals surface area contributed by atoms with Crippen LogP contribution in [-0.4, -0.2) is 26.7 Å². The summed E-state index contributed by atoms with van der Waals surface area (Å²) in [6.45, 7) is 2.82. The average Bonchev–Trinajstić information content (AvgIpc) is 3.11. The van der Waals surface area contributed by atoms with Gasteiger partial charge in [-0.2, -0.15) is 26.3 Å². The number of aromatic nitrogens is 2. The Morgan fingerprint density at radius 2 is 1.76 bits per heavy atom. The number of carbonyl (C=O) groups is 1. The van der Waals surface area contributed by atoms with E-state index in [2.05, 4.69) is 4.98 Å². The molecule has 0 unspecified atom stereocenters. The van der Waals surface area contributed by atoms with Crippen molar-refractivity contribution in [3.05, 3.63) is 63.5 Å². The van der Waals surface area contributed by atoms with Crippen molar-refractivity contribution in [2.24, 2.45) is 0 Å². The topological polar surface area (TPSA) is 96.5 Å². The molecule has 0 aliphatic heterocycles. The van der Waals surface area contributed by atoms with Gasteiger partial charge in [-0.1, -0.05) is 18.2 Å². The van der Waals surface area contributed by atoms with Crippen LogP contribution < -0.4 is 4.74 Å². The van der Waals surface area contributed by atoms with Gasteiger partial charge in [0.2, 0.25) is 5.82 Å². The van der Waals surface area contributed by atoms with Crippen molar-refractivity contribution in [1.82, 2.24) is 9.55 Å². The fraction of sp³-hybridized carbons (Fsp3) is 0.300. The van der Waals surface area contributed by atoms with E-state index < -0.39 is 58.1 Å². The Hall–Kier alpha value is -3.84. The minimum Gasteiger partial charge on any atom is -0.491 e. The average molecular weight is 491 g/mol. The first-order valence-electron chi connectivity index (χ1n) is 9.47. The number of hydrogen-bond donors (Lipinski definition) is 0. The summed E-state index contributed by atoms with van der Waals surface area (Å²) in [5, 5.41) is 11.2. The molecule has 0 spiro atoms. The van der Waals surface area contributed by atoms with E-state index in [-0.39, 0.29) is 34.1 Å². The van der Waals surface area contributed by atoms with Crippen LogP contribution in [-0.2, 0) is 23.7 Å². The van der Waals surface area contributed by atoms with Gasteiger partial charge in [0.15, 0.2) is 5.52 Å². The molecule has 0 fully saturated rings. The molecular formula is C20H15F6N3O5. The molecule has 14 heteroatoms. The van der Waals surface area contributed by atoms with Gasteiger partial charge in [0.05, 0.1) is 22.1 Å². The van der Waals surface area contributed by atoms with Crippen molar-refractivity contribution in [2.45, 2.75) is 38.9 Å². The quantitative estimate of drug-likeness (QED) is 0.249. The Morgan fingerprint density at radius 1 is 1.12 bits per heavy atom. The second-order valence-electron chi connectivity index (χ2n) is 7.22. The molecule has 0 N–H and O–H groups in total. The van der Waals surface area contributed by atoms with Crippen LogP contribution in [0, 0.1) is 10.1 Å². The third kappa shape index (κ3) is 5.05. The van der Waals surface area contributed by atoms with Gasteiger partial charge in [-0.3, -0.25) is 10.1 Å². The molecule has 0 amide bonds. The zero-order valence-electron chi connectivity index (χ0n) is 17.4. The molecule has 8 nitrogen and oxygen atoms in total.